The molecule has 0 aromatic rings. The van der Waals surface area contributed by atoms with Gasteiger partial charge in [-0.25, -0.2) is 0 Å². The molecule has 1 atom stereocenters. The lowest BCUT2D eigenvalue weighted by atomic mass is 10.0. The Kier molecular flexibility index (Phi) is 59.8. The molecule has 1 unspecified atom stereocenters. The molecule has 0 fully saturated rings. The van der Waals surface area contributed by atoms with E-state index in [4.69, 9.17) is 14.2 Å². The van der Waals surface area contributed by atoms with Crippen molar-refractivity contribution >= 4 is 17.9 Å². The van der Waals surface area contributed by atoms with E-state index in [1.165, 1.54) is 167 Å². The first-order chi connectivity index (χ1) is 37.0. The number of esters is 3. The number of hydrogen-bond acceptors (Lipinski definition) is 6. The average molecular weight is 1040 g/mol. The standard InChI is InChI=1S/C69H118O6/c1-4-7-10-13-16-19-22-24-26-28-29-30-31-32-33-34-35-36-37-38-39-41-42-44-47-50-53-56-59-62-68(71)74-65-66(64-73-67(70)61-58-55-52-49-46-21-18-15-12-9-6-3)75-69(72)63-60-57-54-51-48-45-43-40-27-25-23-20-17-14-11-8-5-2/h8,11,17,20,22,24-25,27-29,31-32,43,45,51,54,66H,4-7,9-10,12-16,18-19,21,23,26,30,33-42,44,46-50,52-53,55-65H2,1-3H3/b11-8-,20-17-,24-22-,27-25-,29-28-,32-31-,45-43-,54-51-. The molecule has 0 aliphatic rings. The third-order valence-electron chi connectivity index (χ3n) is 13.6. The van der Waals surface area contributed by atoms with E-state index >= 15 is 0 Å². The summed E-state index contributed by atoms with van der Waals surface area (Å²) in [5.74, 6) is -0.950. The molecule has 0 N–H and O–H groups in total. The summed E-state index contributed by atoms with van der Waals surface area (Å²) >= 11 is 0. The molecular formula is C69H118O6. The highest BCUT2D eigenvalue weighted by Crippen LogP contribution is 2.16. The van der Waals surface area contributed by atoms with Gasteiger partial charge in [-0.2, -0.15) is 0 Å². The number of carbonyl (C=O) groups is 3. The van der Waals surface area contributed by atoms with E-state index < -0.39 is 6.10 Å². The highest BCUT2D eigenvalue weighted by Gasteiger charge is 2.19. The van der Waals surface area contributed by atoms with E-state index in [2.05, 4.69) is 118 Å². The van der Waals surface area contributed by atoms with Gasteiger partial charge in [-0.05, 0) is 96.3 Å². The second kappa shape index (κ2) is 62.9. The molecule has 0 saturated carbocycles. The fourth-order valence-corrected chi connectivity index (χ4v) is 8.84. The van der Waals surface area contributed by atoms with Crippen molar-refractivity contribution in [2.24, 2.45) is 0 Å². The lowest BCUT2D eigenvalue weighted by Crippen LogP contribution is -2.30. The van der Waals surface area contributed by atoms with Crippen molar-refractivity contribution in [3.8, 4) is 0 Å². The number of unbranched alkanes of at least 4 members (excludes halogenated alkanes) is 30. The Bertz CT molecular complexity index is 1480. The van der Waals surface area contributed by atoms with Crippen molar-refractivity contribution < 1.29 is 28.6 Å². The van der Waals surface area contributed by atoms with Crippen LogP contribution in [-0.2, 0) is 28.6 Å². The zero-order chi connectivity index (χ0) is 54.3. The predicted molar refractivity (Wildman–Crippen MR) is 325 cm³/mol. The van der Waals surface area contributed by atoms with Crippen molar-refractivity contribution in [1.82, 2.24) is 0 Å². The van der Waals surface area contributed by atoms with Crippen LogP contribution in [0.3, 0.4) is 0 Å². The molecule has 0 aromatic heterocycles. The Labute approximate surface area is 464 Å². The van der Waals surface area contributed by atoms with E-state index in [1.807, 2.05) is 0 Å². The minimum Gasteiger partial charge on any atom is -0.462 e. The molecular weight excluding hydrogens is 925 g/mol. The molecule has 0 radical (unpaired) electrons. The van der Waals surface area contributed by atoms with Gasteiger partial charge in [0.1, 0.15) is 13.2 Å². The molecule has 0 saturated heterocycles. The molecule has 0 spiro atoms. The van der Waals surface area contributed by atoms with Gasteiger partial charge in [0.15, 0.2) is 6.10 Å². The Balaban J connectivity index is 4.26. The van der Waals surface area contributed by atoms with E-state index in [0.717, 1.165) is 89.9 Å². The molecule has 0 bridgehead atoms. The first-order valence-electron chi connectivity index (χ1n) is 31.7. The average Bonchev–Trinajstić information content (AvgIpc) is 3.41. The normalized spacial score (nSPS) is 12.7. The Morgan fingerprint density at radius 3 is 0.853 bits per heavy atom. The Morgan fingerprint density at radius 1 is 0.280 bits per heavy atom. The molecule has 0 aromatic carbocycles. The summed E-state index contributed by atoms with van der Waals surface area (Å²) in [4.78, 5) is 38.2. The summed E-state index contributed by atoms with van der Waals surface area (Å²) < 4.78 is 16.8. The van der Waals surface area contributed by atoms with Crippen LogP contribution < -0.4 is 0 Å². The Hall–Kier alpha value is -3.67. The number of rotatable bonds is 57. The maximum atomic E-state index is 12.8. The zero-order valence-electron chi connectivity index (χ0n) is 49.3. The predicted octanol–water partition coefficient (Wildman–Crippen LogP) is 21.7. The van der Waals surface area contributed by atoms with Crippen LogP contribution in [0.4, 0.5) is 0 Å². The van der Waals surface area contributed by atoms with Gasteiger partial charge in [0, 0.05) is 19.3 Å². The minimum absolute atomic E-state index is 0.0977. The summed E-state index contributed by atoms with van der Waals surface area (Å²) in [6.07, 6.45) is 84.3. The fourth-order valence-electron chi connectivity index (χ4n) is 8.84. The van der Waals surface area contributed by atoms with E-state index in [9.17, 15) is 14.4 Å². The van der Waals surface area contributed by atoms with Crippen LogP contribution in [0.25, 0.3) is 0 Å². The summed E-state index contributed by atoms with van der Waals surface area (Å²) in [5, 5.41) is 0. The van der Waals surface area contributed by atoms with Gasteiger partial charge < -0.3 is 14.2 Å². The molecule has 0 aliphatic carbocycles. The van der Waals surface area contributed by atoms with Gasteiger partial charge in [-0.15, -0.1) is 0 Å². The maximum Gasteiger partial charge on any atom is 0.306 e. The van der Waals surface area contributed by atoms with Crippen LogP contribution in [0, 0.1) is 0 Å². The third-order valence-corrected chi connectivity index (χ3v) is 13.6. The van der Waals surface area contributed by atoms with Crippen LogP contribution in [0.1, 0.15) is 303 Å². The van der Waals surface area contributed by atoms with Crippen LogP contribution in [0.15, 0.2) is 97.2 Å². The molecule has 430 valence electrons. The summed E-state index contributed by atoms with van der Waals surface area (Å²) in [6.45, 7) is 6.48. The fraction of sp³-hybridized carbons (Fsp3) is 0.725. The van der Waals surface area contributed by atoms with Crippen LogP contribution in [0.2, 0.25) is 0 Å². The van der Waals surface area contributed by atoms with Crippen molar-refractivity contribution in [1.29, 1.82) is 0 Å². The van der Waals surface area contributed by atoms with Crippen LogP contribution in [0.5, 0.6) is 0 Å². The van der Waals surface area contributed by atoms with E-state index in [-0.39, 0.29) is 37.5 Å². The smallest absolute Gasteiger partial charge is 0.306 e. The molecule has 0 aliphatic heterocycles. The molecule has 6 nitrogen and oxygen atoms in total. The summed E-state index contributed by atoms with van der Waals surface area (Å²) in [7, 11) is 0. The number of allylic oxidation sites excluding steroid dienone is 16. The van der Waals surface area contributed by atoms with Crippen molar-refractivity contribution in [2.45, 2.75) is 309 Å². The van der Waals surface area contributed by atoms with Crippen LogP contribution >= 0.6 is 0 Å². The lowest BCUT2D eigenvalue weighted by Gasteiger charge is -2.18. The SMILES string of the molecule is CC/C=C\C/C=C\C/C=C\C/C=C\C/C=C\CCCC(=O)OC(COC(=O)CCCCCCCCCCCCC)COC(=O)CCCCCCCCCCCCCCCC/C=C\C/C=C\C/C=C\CCCCCCC. The number of ether oxygens (including phenoxy) is 3. The number of carbonyl (C=O) groups excluding carboxylic acids is 3. The lowest BCUT2D eigenvalue weighted by molar-refractivity contribution is -0.167. The van der Waals surface area contributed by atoms with Gasteiger partial charge in [-0.1, -0.05) is 285 Å². The number of hydrogen-bond donors (Lipinski definition) is 0. The second-order valence-electron chi connectivity index (χ2n) is 20.9. The highest BCUT2D eigenvalue weighted by atomic mass is 16.6. The van der Waals surface area contributed by atoms with Crippen molar-refractivity contribution in [3.63, 3.8) is 0 Å². The summed E-state index contributed by atoms with van der Waals surface area (Å²) in [5.41, 5.74) is 0. The molecule has 0 heterocycles. The van der Waals surface area contributed by atoms with Crippen LogP contribution in [-0.4, -0.2) is 37.2 Å². The summed E-state index contributed by atoms with van der Waals surface area (Å²) in [6, 6.07) is 0. The topological polar surface area (TPSA) is 78.9 Å². The molecule has 6 heteroatoms. The highest BCUT2D eigenvalue weighted by molar-refractivity contribution is 5.71. The molecule has 0 rings (SSSR count). The van der Waals surface area contributed by atoms with Gasteiger partial charge in [0.25, 0.3) is 0 Å². The van der Waals surface area contributed by atoms with Gasteiger partial charge in [-0.3, -0.25) is 14.4 Å². The zero-order valence-corrected chi connectivity index (χ0v) is 49.3. The van der Waals surface area contributed by atoms with E-state index in [0.29, 0.717) is 19.3 Å². The maximum absolute atomic E-state index is 12.8. The molecule has 0 amide bonds. The molecule has 75 heavy (non-hydrogen) atoms. The quantitative estimate of drug-likeness (QED) is 0.0261. The van der Waals surface area contributed by atoms with Gasteiger partial charge in [0.05, 0.1) is 0 Å². The minimum atomic E-state index is -0.806. The van der Waals surface area contributed by atoms with E-state index in [1.54, 1.807) is 0 Å². The van der Waals surface area contributed by atoms with Gasteiger partial charge in [0.2, 0.25) is 0 Å². The second-order valence-corrected chi connectivity index (χ2v) is 20.9. The third kappa shape index (κ3) is 61.1. The van der Waals surface area contributed by atoms with Gasteiger partial charge >= 0.3 is 17.9 Å². The monoisotopic (exact) mass is 1040 g/mol. The first kappa shape index (κ1) is 71.3. The Morgan fingerprint density at radius 2 is 0.533 bits per heavy atom. The van der Waals surface area contributed by atoms with Crippen molar-refractivity contribution in [3.05, 3.63) is 97.2 Å². The first-order valence-corrected chi connectivity index (χ1v) is 31.7. The van der Waals surface area contributed by atoms with Crippen molar-refractivity contribution in [2.75, 3.05) is 13.2 Å². The largest absolute Gasteiger partial charge is 0.462 e.